The number of halogens is 1. The molecular weight excluding hydrogens is 445 g/mol. The Hall–Kier alpha value is -3.40. The largest absolute Gasteiger partial charge is 0.503 e. The number of amides is 2. The van der Waals surface area contributed by atoms with Crippen LogP contribution in [0.4, 0.5) is 4.39 Å². The van der Waals surface area contributed by atoms with Crippen molar-refractivity contribution < 1.29 is 28.6 Å². The second-order valence-corrected chi connectivity index (χ2v) is 9.37. The Morgan fingerprint density at radius 1 is 1.24 bits per heavy atom. The highest BCUT2D eigenvalue weighted by Crippen LogP contribution is 2.38. The summed E-state index contributed by atoms with van der Waals surface area (Å²) in [7, 11) is 0. The summed E-state index contributed by atoms with van der Waals surface area (Å²) >= 11 is 0. The number of ether oxygens (including phenoxy) is 2. The molecule has 2 amide bonds. The lowest BCUT2D eigenvalue weighted by Crippen LogP contribution is -2.57. The third-order valence-electron chi connectivity index (χ3n) is 6.99. The van der Waals surface area contributed by atoms with Gasteiger partial charge < -0.3 is 29.4 Å². The summed E-state index contributed by atoms with van der Waals surface area (Å²) in [6, 6.07) is 4.10. The summed E-state index contributed by atoms with van der Waals surface area (Å²) in [5.74, 6) is -2.01. The second kappa shape index (κ2) is 7.83. The summed E-state index contributed by atoms with van der Waals surface area (Å²) in [6.45, 7) is 0.227. The molecule has 6 rings (SSSR count). The summed E-state index contributed by atoms with van der Waals surface area (Å²) < 4.78 is 26.8. The van der Waals surface area contributed by atoms with Crippen LogP contribution in [0.3, 0.4) is 0 Å². The summed E-state index contributed by atoms with van der Waals surface area (Å²) in [5.41, 5.74) is -0.745. The highest BCUT2D eigenvalue weighted by atomic mass is 19.1. The highest BCUT2D eigenvalue weighted by Gasteiger charge is 2.47. The van der Waals surface area contributed by atoms with Crippen LogP contribution in [0.5, 0.6) is 11.5 Å². The van der Waals surface area contributed by atoms with E-state index in [1.807, 2.05) is 0 Å². The number of rotatable bonds is 5. The minimum absolute atomic E-state index is 0.00489. The fourth-order valence-corrected chi connectivity index (χ4v) is 5.14. The Morgan fingerprint density at radius 3 is 2.85 bits per heavy atom. The average Bonchev–Trinajstić information content (AvgIpc) is 3.55. The van der Waals surface area contributed by atoms with E-state index in [4.69, 9.17) is 9.47 Å². The maximum atomic E-state index is 13.7. The SMILES string of the molecule is O=C(NCc1ccc(F)cc1OC1CC1)c1cn2c(c(O)c1=O)C(=O)N1[C@H]3CC[C@H](C3)O[C@@H]1C2. The van der Waals surface area contributed by atoms with Gasteiger partial charge in [0.1, 0.15) is 17.1 Å². The summed E-state index contributed by atoms with van der Waals surface area (Å²) in [6.07, 6.45) is 5.20. The number of hydrogen-bond donors (Lipinski definition) is 2. The number of benzene rings is 1. The Morgan fingerprint density at radius 2 is 2.06 bits per heavy atom. The fraction of sp³-hybridized carbons (Fsp3) is 0.458. The maximum absolute atomic E-state index is 13.7. The van der Waals surface area contributed by atoms with Crippen molar-refractivity contribution in [3.05, 3.63) is 57.3 Å². The topological polar surface area (TPSA) is 110 Å². The van der Waals surface area contributed by atoms with Gasteiger partial charge in [-0.25, -0.2) is 4.39 Å². The molecule has 2 aliphatic heterocycles. The first-order chi connectivity index (χ1) is 16.4. The molecule has 1 aromatic heterocycles. The smallest absolute Gasteiger partial charge is 0.276 e. The van der Waals surface area contributed by atoms with Crippen molar-refractivity contribution in [2.24, 2.45) is 0 Å². The lowest BCUT2D eigenvalue weighted by atomic mass is 10.1. The third kappa shape index (κ3) is 3.53. The van der Waals surface area contributed by atoms with Gasteiger partial charge in [0.25, 0.3) is 11.8 Å². The molecule has 0 radical (unpaired) electrons. The normalized spacial score (nSPS) is 25.0. The molecule has 178 valence electrons. The van der Waals surface area contributed by atoms with Gasteiger partial charge in [-0.15, -0.1) is 0 Å². The van der Waals surface area contributed by atoms with Gasteiger partial charge >= 0.3 is 0 Å². The van der Waals surface area contributed by atoms with Gasteiger partial charge in [0.2, 0.25) is 5.43 Å². The van der Waals surface area contributed by atoms with Crippen LogP contribution in [-0.4, -0.2) is 50.9 Å². The Kier molecular flexibility index (Phi) is 4.87. The Bertz CT molecular complexity index is 1260. The molecule has 3 heterocycles. The number of aromatic hydroxyl groups is 1. The van der Waals surface area contributed by atoms with Gasteiger partial charge in [0.15, 0.2) is 17.7 Å². The van der Waals surface area contributed by atoms with Gasteiger partial charge in [0, 0.05) is 30.4 Å². The first kappa shape index (κ1) is 21.2. The van der Waals surface area contributed by atoms with Crippen LogP contribution < -0.4 is 15.5 Å². The summed E-state index contributed by atoms with van der Waals surface area (Å²) in [4.78, 5) is 40.5. The molecule has 1 saturated heterocycles. The molecule has 2 saturated carbocycles. The number of nitrogens with zero attached hydrogens (tertiary/aromatic N) is 2. The minimum Gasteiger partial charge on any atom is -0.503 e. The maximum Gasteiger partial charge on any atom is 0.276 e. The van der Waals surface area contributed by atoms with Crippen molar-refractivity contribution in [1.29, 1.82) is 0 Å². The van der Waals surface area contributed by atoms with Crippen LogP contribution in [0.1, 0.15) is 58.5 Å². The average molecular weight is 469 g/mol. The quantitative estimate of drug-likeness (QED) is 0.692. The van der Waals surface area contributed by atoms with Crippen molar-refractivity contribution in [3.8, 4) is 11.5 Å². The van der Waals surface area contributed by atoms with E-state index in [2.05, 4.69) is 5.32 Å². The third-order valence-corrected chi connectivity index (χ3v) is 6.99. The Balaban J connectivity index is 1.26. The zero-order chi connectivity index (χ0) is 23.6. The van der Waals surface area contributed by atoms with Crippen LogP contribution >= 0.6 is 0 Å². The molecule has 34 heavy (non-hydrogen) atoms. The molecule has 3 fully saturated rings. The first-order valence-corrected chi connectivity index (χ1v) is 11.6. The zero-order valence-corrected chi connectivity index (χ0v) is 18.3. The van der Waals surface area contributed by atoms with Crippen molar-refractivity contribution in [2.45, 2.75) is 69.7 Å². The van der Waals surface area contributed by atoms with E-state index in [0.29, 0.717) is 11.3 Å². The van der Waals surface area contributed by atoms with Crippen molar-refractivity contribution in [2.75, 3.05) is 0 Å². The first-order valence-electron chi connectivity index (χ1n) is 11.6. The number of aromatic nitrogens is 1. The predicted octanol–water partition coefficient (Wildman–Crippen LogP) is 1.90. The molecule has 2 bridgehead atoms. The molecule has 2 N–H and O–H groups in total. The zero-order valence-electron chi connectivity index (χ0n) is 18.3. The van der Waals surface area contributed by atoms with Crippen LogP contribution in [0.25, 0.3) is 0 Å². The van der Waals surface area contributed by atoms with Gasteiger partial charge in [-0.3, -0.25) is 14.4 Å². The predicted molar refractivity (Wildman–Crippen MR) is 116 cm³/mol. The van der Waals surface area contributed by atoms with E-state index in [9.17, 15) is 23.9 Å². The van der Waals surface area contributed by atoms with E-state index >= 15 is 0 Å². The second-order valence-electron chi connectivity index (χ2n) is 9.37. The molecular formula is C24H24FN3O6. The molecule has 1 aromatic carbocycles. The number of hydrogen-bond acceptors (Lipinski definition) is 6. The van der Waals surface area contributed by atoms with Gasteiger partial charge in [-0.2, -0.15) is 0 Å². The molecule has 0 spiro atoms. The molecule has 2 aromatic rings. The Labute approximate surface area is 194 Å². The lowest BCUT2D eigenvalue weighted by molar-refractivity contribution is -0.132. The number of pyridine rings is 1. The van der Waals surface area contributed by atoms with Crippen molar-refractivity contribution in [3.63, 3.8) is 0 Å². The van der Waals surface area contributed by atoms with E-state index in [-0.39, 0.29) is 42.6 Å². The highest BCUT2D eigenvalue weighted by molar-refractivity contribution is 5.99. The van der Waals surface area contributed by atoms with Gasteiger partial charge in [-0.05, 0) is 38.2 Å². The molecule has 10 heteroatoms. The van der Waals surface area contributed by atoms with E-state index in [0.717, 1.165) is 32.1 Å². The van der Waals surface area contributed by atoms with Crippen LogP contribution in [0.15, 0.2) is 29.2 Å². The van der Waals surface area contributed by atoms with Crippen LogP contribution in [0.2, 0.25) is 0 Å². The molecule has 4 aliphatic rings. The molecule has 2 aliphatic carbocycles. The minimum atomic E-state index is -0.911. The van der Waals surface area contributed by atoms with E-state index in [1.165, 1.54) is 29.0 Å². The van der Waals surface area contributed by atoms with Gasteiger partial charge in [0.05, 0.1) is 18.8 Å². The fourth-order valence-electron chi connectivity index (χ4n) is 5.14. The monoisotopic (exact) mass is 469 g/mol. The summed E-state index contributed by atoms with van der Waals surface area (Å²) in [5, 5.41) is 13.2. The number of fused-ring (bicyclic) bond motifs is 5. The molecule has 9 nitrogen and oxygen atoms in total. The number of carbonyl (C=O) groups excluding carboxylic acids is 2. The van der Waals surface area contributed by atoms with E-state index in [1.54, 1.807) is 4.90 Å². The van der Waals surface area contributed by atoms with Crippen LogP contribution in [0, 0.1) is 5.82 Å². The van der Waals surface area contributed by atoms with Crippen molar-refractivity contribution >= 4 is 11.8 Å². The molecule has 3 atom stereocenters. The van der Waals surface area contributed by atoms with E-state index < -0.39 is 35.0 Å². The van der Waals surface area contributed by atoms with Crippen molar-refractivity contribution in [1.82, 2.24) is 14.8 Å². The molecule has 0 unspecified atom stereocenters. The standard InChI is InChI=1S/C24H24FN3O6/c25-13-2-1-12(18(7-13)33-15-5-6-15)9-26-23(31)17-10-27-11-19-28(14-3-4-16(8-14)34-19)24(32)20(27)22(30)21(17)29/h1-2,7,10,14-16,19,30H,3-6,8-9,11H2,(H,26,31)/t14-,16+,19+/m0/s1. The van der Waals surface area contributed by atoms with Gasteiger partial charge in [-0.1, -0.05) is 6.07 Å². The lowest BCUT2D eigenvalue weighted by Gasteiger charge is -2.44. The number of carbonyl (C=O) groups is 2. The number of nitrogens with one attached hydrogen (secondary N) is 1. The van der Waals surface area contributed by atoms with Crippen LogP contribution in [-0.2, 0) is 17.8 Å².